The Kier molecular flexibility index (Phi) is 9.60. The molecule has 0 unspecified atom stereocenters. The molecule has 108 valence electrons. The minimum atomic E-state index is 0.692. The fraction of sp³-hybridized carbons (Fsp3) is 0.625. The van der Waals surface area contributed by atoms with E-state index in [4.69, 9.17) is 9.47 Å². The van der Waals surface area contributed by atoms with Gasteiger partial charge in [-0.2, -0.15) is 0 Å². The zero-order chi connectivity index (χ0) is 13.8. The maximum Gasteiger partial charge on any atom is 0.119 e. The average molecular weight is 329 g/mol. The highest BCUT2D eigenvalue weighted by atomic mass is 79.9. The van der Waals surface area contributed by atoms with Gasteiger partial charge in [0.05, 0.1) is 13.2 Å². The number of unbranched alkanes of at least 4 members (excludes halogenated alkanes) is 5. The molecule has 1 rings (SSSR count). The second-order valence-corrected chi connectivity index (χ2v) is 5.42. The summed E-state index contributed by atoms with van der Waals surface area (Å²) in [5, 5.41) is 0.850. The largest absolute Gasteiger partial charge is 0.494 e. The molecule has 1 aromatic rings. The molecule has 0 bridgehead atoms. The predicted octanol–water partition coefficient (Wildman–Crippen LogP) is 5.20. The van der Waals surface area contributed by atoms with Gasteiger partial charge in [-0.15, -0.1) is 0 Å². The maximum absolute atomic E-state index is 5.71. The smallest absolute Gasteiger partial charge is 0.119 e. The lowest BCUT2D eigenvalue weighted by molar-refractivity contribution is 0.302. The highest BCUT2D eigenvalue weighted by molar-refractivity contribution is 9.09. The van der Waals surface area contributed by atoms with E-state index in [9.17, 15) is 0 Å². The first-order chi connectivity index (χ1) is 9.36. The van der Waals surface area contributed by atoms with Crippen LogP contribution in [0.15, 0.2) is 24.3 Å². The monoisotopic (exact) mass is 328 g/mol. The quantitative estimate of drug-likeness (QED) is 0.410. The summed E-state index contributed by atoms with van der Waals surface area (Å²) >= 11 is 3.34. The Hall–Kier alpha value is -0.700. The Morgan fingerprint density at radius 2 is 1.32 bits per heavy atom. The van der Waals surface area contributed by atoms with E-state index in [1.165, 1.54) is 32.1 Å². The van der Waals surface area contributed by atoms with Crippen LogP contribution in [0.1, 0.15) is 45.4 Å². The van der Waals surface area contributed by atoms with E-state index in [1.807, 2.05) is 24.3 Å². The Bertz CT molecular complexity index is 311. The molecule has 0 atom stereocenters. The van der Waals surface area contributed by atoms with E-state index in [-0.39, 0.29) is 0 Å². The molecule has 0 saturated heterocycles. The molecule has 0 aliphatic rings. The standard InChI is InChI=1S/C16H25BrO2/c1-2-3-4-5-6-7-13-18-15-8-10-16(11-9-15)19-14-12-17/h8-11H,2-7,12-14H2,1H3. The van der Waals surface area contributed by atoms with Crippen LogP contribution in [0.25, 0.3) is 0 Å². The van der Waals surface area contributed by atoms with E-state index < -0.39 is 0 Å². The number of ether oxygens (including phenoxy) is 2. The van der Waals surface area contributed by atoms with Crippen molar-refractivity contribution in [3.8, 4) is 11.5 Å². The number of rotatable bonds is 11. The van der Waals surface area contributed by atoms with Crippen molar-refractivity contribution in [3.63, 3.8) is 0 Å². The molecule has 0 radical (unpaired) electrons. The lowest BCUT2D eigenvalue weighted by atomic mass is 10.1. The molecule has 0 heterocycles. The molecular weight excluding hydrogens is 304 g/mol. The van der Waals surface area contributed by atoms with Gasteiger partial charge in [-0.3, -0.25) is 0 Å². The van der Waals surface area contributed by atoms with Gasteiger partial charge < -0.3 is 9.47 Å². The Morgan fingerprint density at radius 3 is 1.89 bits per heavy atom. The number of hydrogen-bond acceptors (Lipinski definition) is 2. The van der Waals surface area contributed by atoms with Gasteiger partial charge in [0.15, 0.2) is 0 Å². The van der Waals surface area contributed by atoms with Crippen molar-refractivity contribution in [2.24, 2.45) is 0 Å². The van der Waals surface area contributed by atoms with Gasteiger partial charge >= 0.3 is 0 Å². The van der Waals surface area contributed by atoms with Crippen molar-refractivity contribution in [1.82, 2.24) is 0 Å². The van der Waals surface area contributed by atoms with Crippen molar-refractivity contribution in [1.29, 1.82) is 0 Å². The number of hydrogen-bond donors (Lipinski definition) is 0. The normalized spacial score (nSPS) is 10.4. The molecule has 1 aromatic carbocycles. The molecule has 3 heteroatoms. The minimum Gasteiger partial charge on any atom is -0.494 e. The number of benzene rings is 1. The van der Waals surface area contributed by atoms with Gasteiger partial charge in [0.25, 0.3) is 0 Å². The zero-order valence-corrected chi connectivity index (χ0v) is 13.5. The lowest BCUT2D eigenvalue weighted by Crippen LogP contribution is -1.99. The Morgan fingerprint density at radius 1 is 0.789 bits per heavy atom. The van der Waals surface area contributed by atoms with Crippen LogP contribution in [-0.4, -0.2) is 18.5 Å². The molecule has 0 fully saturated rings. The molecule has 0 N–H and O–H groups in total. The van der Waals surface area contributed by atoms with Crippen LogP contribution in [0.2, 0.25) is 0 Å². The zero-order valence-electron chi connectivity index (χ0n) is 11.9. The third-order valence-corrected chi connectivity index (χ3v) is 3.26. The summed E-state index contributed by atoms with van der Waals surface area (Å²) in [7, 11) is 0. The average Bonchev–Trinajstić information content (AvgIpc) is 2.45. The highest BCUT2D eigenvalue weighted by Gasteiger charge is 1.96. The van der Waals surface area contributed by atoms with E-state index in [2.05, 4.69) is 22.9 Å². The third kappa shape index (κ3) is 8.14. The van der Waals surface area contributed by atoms with Crippen molar-refractivity contribution < 1.29 is 9.47 Å². The second kappa shape index (κ2) is 11.2. The van der Waals surface area contributed by atoms with E-state index in [1.54, 1.807) is 0 Å². The Balaban J connectivity index is 2.09. The molecule has 0 aromatic heterocycles. The van der Waals surface area contributed by atoms with E-state index >= 15 is 0 Å². The topological polar surface area (TPSA) is 18.5 Å². The van der Waals surface area contributed by atoms with Crippen LogP contribution in [0, 0.1) is 0 Å². The molecule has 0 amide bonds. The first kappa shape index (κ1) is 16.4. The summed E-state index contributed by atoms with van der Waals surface area (Å²) in [6, 6.07) is 7.86. The number of halogens is 1. The molecule has 0 saturated carbocycles. The fourth-order valence-electron chi connectivity index (χ4n) is 1.86. The van der Waals surface area contributed by atoms with Crippen molar-refractivity contribution >= 4 is 15.9 Å². The predicted molar refractivity (Wildman–Crippen MR) is 84.6 cm³/mol. The van der Waals surface area contributed by atoms with Crippen LogP contribution >= 0.6 is 15.9 Å². The van der Waals surface area contributed by atoms with Gasteiger partial charge in [0.1, 0.15) is 11.5 Å². The minimum absolute atomic E-state index is 0.692. The number of alkyl halides is 1. The maximum atomic E-state index is 5.71. The van der Waals surface area contributed by atoms with Crippen molar-refractivity contribution in [3.05, 3.63) is 24.3 Å². The molecule has 0 aliphatic heterocycles. The van der Waals surface area contributed by atoms with Crippen LogP contribution in [0.4, 0.5) is 0 Å². The SMILES string of the molecule is CCCCCCCCOc1ccc(OCCBr)cc1. The van der Waals surface area contributed by atoms with E-state index in [0.717, 1.165) is 29.9 Å². The lowest BCUT2D eigenvalue weighted by Gasteiger charge is -2.08. The van der Waals surface area contributed by atoms with E-state index in [0.29, 0.717) is 6.61 Å². The summed E-state index contributed by atoms with van der Waals surface area (Å²) in [6.07, 6.45) is 7.77. The molecule has 0 aliphatic carbocycles. The van der Waals surface area contributed by atoms with Gasteiger partial charge in [-0.1, -0.05) is 55.0 Å². The van der Waals surface area contributed by atoms with Gasteiger partial charge in [0, 0.05) is 5.33 Å². The second-order valence-electron chi connectivity index (χ2n) is 4.63. The molecule has 0 spiro atoms. The van der Waals surface area contributed by atoms with Gasteiger partial charge in [0.2, 0.25) is 0 Å². The van der Waals surface area contributed by atoms with Crippen molar-refractivity contribution in [2.45, 2.75) is 45.4 Å². The summed E-state index contributed by atoms with van der Waals surface area (Å²) in [5.41, 5.74) is 0. The first-order valence-corrected chi connectivity index (χ1v) is 8.40. The van der Waals surface area contributed by atoms with Gasteiger partial charge in [-0.05, 0) is 30.7 Å². The highest BCUT2D eigenvalue weighted by Crippen LogP contribution is 2.18. The summed E-state index contributed by atoms with van der Waals surface area (Å²) in [5.74, 6) is 1.83. The summed E-state index contributed by atoms with van der Waals surface area (Å²) in [4.78, 5) is 0. The van der Waals surface area contributed by atoms with Crippen molar-refractivity contribution in [2.75, 3.05) is 18.5 Å². The van der Waals surface area contributed by atoms with Crippen LogP contribution < -0.4 is 9.47 Å². The molecule has 2 nitrogen and oxygen atoms in total. The third-order valence-electron chi connectivity index (χ3n) is 2.94. The van der Waals surface area contributed by atoms with Crippen LogP contribution in [0.3, 0.4) is 0 Å². The fourth-order valence-corrected chi connectivity index (χ4v) is 2.02. The van der Waals surface area contributed by atoms with Gasteiger partial charge in [-0.25, -0.2) is 0 Å². The van der Waals surface area contributed by atoms with Crippen LogP contribution in [0.5, 0.6) is 11.5 Å². The Labute approximate surface area is 125 Å². The molecule has 19 heavy (non-hydrogen) atoms. The molecular formula is C16H25BrO2. The first-order valence-electron chi connectivity index (χ1n) is 7.28. The van der Waals surface area contributed by atoms with Crippen LogP contribution in [-0.2, 0) is 0 Å². The summed E-state index contributed by atoms with van der Waals surface area (Å²) in [6.45, 7) is 3.75. The summed E-state index contributed by atoms with van der Waals surface area (Å²) < 4.78 is 11.2.